The van der Waals surface area contributed by atoms with Crippen molar-refractivity contribution in [1.82, 2.24) is 14.6 Å². The molecule has 1 amide bonds. The summed E-state index contributed by atoms with van der Waals surface area (Å²) in [6.45, 7) is 0. The number of fused-ring (bicyclic) bond motifs is 1. The van der Waals surface area contributed by atoms with Gasteiger partial charge >= 0.3 is 0 Å². The van der Waals surface area contributed by atoms with Crippen molar-refractivity contribution in [3.8, 4) is 11.3 Å². The molecule has 0 aliphatic rings. The quantitative estimate of drug-likeness (QED) is 0.489. The van der Waals surface area contributed by atoms with Crippen LogP contribution in [0.3, 0.4) is 0 Å². The molecule has 1 N–H and O–H groups in total. The summed E-state index contributed by atoms with van der Waals surface area (Å²) in [5.41, 5.74) is 3.12. The van der Waals surface area contributed by atoms with Crippen LogP contribution < -0.4 is 10.2 Å². The Balaban J connectivity index is 1.60. The van der Waals surface area contributed by atoms with Gasteiger partial charge in [0.15, 0.2) is 0 Å². The summed E-state index contributed by atoms with van der Waals surface area (Å²) >= 11 is 13.7. The number of thiazole rings is 1. The molecule has 0 fully saturated rings. The van der Waals surface area contributed by atoms with E-state index in [0.29, 0.717) is 20.6 Å². The van der Waals surface area contributed by atoms with Crippen molar-refractivity contribution < 1.29 is 4.79 Å². The molecule has 6 nitrogen and oxygen atoms in total. The number of nitrogens with zero attached hydrogens (tertiary/aromatic N) is 4. The third-order valence-electron chi connectivity index (χ3n) is 4.16. The number of hydrogen-bond donors (Lipinski definition) is 1. The van der Waals surface area contributed by atoms with E-state index in [9.17, 15) is 4.79 Å². The van der Waals surface area contributed by atoms with Crippen LogP contribution in [0.5, 0.6) is 0 Å². The first kappa shape index (κ1) is 18.7. The molecule has 0 aliphatic carbocycles. The van der Waals surface area contributed by atoms with Gasteiger partial charge in [-0.25, -0.2) is 4.52 Å². The lowest BCUT2D eigenvalue weighted by atomic mass is 10.2. The Labute approximate surface area is 175 Å². The molecule has 142 valence electrons. The number of rotatable bonds is 4. The van der Waals surface area contributed by atoms with Crippen LogP contribution in [0.4, 0.5) is 11.6 Å². The standard InChI is InChI=1S/C19H15Cl2N5OS/c1-25(2)13-6-3-11(4-7-13)17(27)22-18-23-19-26(24-18)16(10-28-19)14-8-5-12(20)9-15(14)21/h3-10H,1-2H3,(H,22,24,27). The summed E-state index contributed by atoms with van der Waals surface area (Å²) in [5, 5.41) is 10.1. The molecule has 2 aromatic carbocycles. The highest BCUT2D eigenvalue weighted by Crippen LogP contribution is 2.33. The summed E-state index contributed by atoms with van der Waals surface area (Å²) in [7, 11) is 3.89. The minimum absolute atomic E-state index is 0.236. The van der Waals surface area contributed by atoms with Crippen molar-refractivity contribution in [3.05, 3.63) is 63.5 Å². The fourth-order valence-electron chi connectivity index (χ4n) is 2.70. The van der Waals surface area contributed by atoms with Crippen molar-refractivity contribution in [2.45, 2.75) is 0 Å². The highest BCUT2D eigenvalue weighted by atomic mass is 35.5. The molecule has 2 aromatic heterocycles. The van der Waals surface area contributed by atoms with E-state index in [1.54, 1.807) is 28.8 Å². The first-order chi connectivity index (χ1) is 13.4. The van der Waals surface area contributed by atoms with Gasteiger partial charge in [0, 0.05) is 41.3 Å². The molecule has 4 rings (SSSR count). The Morgan fingerprint density at radius 1 is 1.14 bits per heavy atom. The maximum Gasteiger partial charge on any atom is 0.258 e. The van der Waals surface area contributed by atoms with Gasteiger partial charge in [-0.3, -0.25) is 10.1 Å². The summed E-state index contributed by atoms with van der Waals surface area (Å²) in [5.74, 6) is -0.0329. The maximum atomic E-state index is 12.5. The van der Waals surface area contributed by atoms with E-state index in [1.807, 2.05) is 42.6 Å². The predicted octanol–water partition coefficient (Wildman–Crippen LogP) is 5.08. The van der Waals surface area contributed by atoms with Crippen molar-refractivity contribution in [3.63, 3.8) is 0 Å². The maximum absolute atomic E-state index is 12.5. The van der Waals surface area contributed by atoms with Gasteiger partial charge in [0.1, 0.15) is 0 Å². The second-order valence-corrected chi connectivity index (χ2v) is 7.95. The summed E-state index contributed by atoms with van der Waals surface area (Å²) in [6, 6.07) is 12.6. The second-order valence-electron chi connectivity index (χ2n) is 6.27. The largest absolute Gasteiger partial charge is 0.378 e. The SMILES string of the molecule is CN(C)c1ccc(C(=O)Nc2nc3scc(-c4ccc(Cl)cc4Cl)n3n2)cc1. The van der Waals surface area contributed by atoms with Crippen molar-refractivity contribution in [2.75, 3.05) is 24.3 Å². The van der Waals surface area contributed by atoms with Gasteiger partial charge < -0.3 is 4.90 Å². The zero-order valence-corrected chi connectivity index (χ0v) is 17.3. The number of anilines is 2. The molecular formula is C19H15Cl2N5OS. The minimum atomic E-state index is -0.269. The fraction of sp³-hybridized carbons (Fsp3) is 0.105. The molecule has 4 aromatic rings. The van der Waals surface area contributed by atoms with Crippen molar-refractivity contribution in [1.29, 1.82) is 0 Å². The number of carbonyl (C=O) groups excluding carboxylic acids is 1. The smallest absolute Gasteiger partial charge is 0.258 e. The summed E-state index contributed by atoms with van der Waals surface area (Å²) in [6.07, 6.45) is 0. The van der Waals surface area contributed by atoms with Gasteiger partial charge in [0.05, 0.1) is 10.7 Å². The number of hydrogen-bond acceptors (Lipinski definition) is 5. The first-order valence-electron chi connectivity index (χ1n) is 8.31. The molecule has 0 atom stereocenters. The van der Waals surface area contributed by atoms with Gasteiger partial charge in [-0.1, -0.05) is 23.2 Å². The number of benzene rings is 2. The van der Waals surface area contributed by atoms with Crippen LogP contribution in [0, 0.1) is 0 Å². The van der Waals surface area contributed by atoms with Crippen LogP contribution in [0.1, 0.15) is 10.4 Å². The van der Waals surface area contributed by atoms with E-state index in [4.69, 9.17) is 23.2 Å². The zero-order chi connectivity index (χ0) is 19.8. The van der Waals surface area contributed by atoms with E-state index in [0.717, 1.165) is 16.9 Å². The molecular weight excluding hydrogens is 417 g/mol. The third kappa shape index (κ3) is 3.56. The number of nitrogens with one attached hydrogen (secondary N) is 1. The van der Waals surface area contributed by atoms with E-state index in [2.05, 4.69) is 15.4 Å². The lowest BCUT2D eigenvalue weighted by Gasteiger charge is -2.12. The van der Waals surface area contributed by atoms with Crippen molar-refractivity contribution in [2.24, 2.45) is 0 Å². The molecule has 0 radical (unpaired) electrons. The Hall–Kier alpha value is -2.61. The topological polar surface area (TPSA) is 62.5 Å². The predicted molar refractivity (Wildman–Crippen MR) is 115 cm³/mol. The van der Waals surface area contributed by atoms with Gasteiger partial charge in [0.25, 0.3) is 11.9 Å². The summed E-state index contributed by atoms with van der Waals surface area (Å²) < 4.78 is 1.66. The summed E-state index contributed by atoms with van der Waals surface area (Å²) in [4.78, 5) is 19.5. The highest BCUT2D eigenvalue weighted by molar-refractivity contribution is 7.15. The van der Waals surface area contributed by atoms with Crippen LogP contribution in [-0.2, 0) is 0 Å². The van der Waals surface area contributed by atoms with Crippen LogP contribution >= 0.6 is 34.5 Å². The molecule has 0 unspecified atom stereocenters. The minimum Gasteiger partial charge on any atom is -0.378 e. The number of carbonyl (C=O) groups is 1. The van der Waals surface area contributed by atoms with Crippen molar-refractivity contribution >= 4 is 57.0 Å². The first-order valence-corrected chi connectivity index (χ1v) is 9.94. The normalized spacial score (nSPS) is 11.0. The van der Waals surface area contributed by atoms with E-state index in [-0.39, 0.29) is 11.9 Å². The highest BCUT2D eigenvalue weighted by Gasteiger charge is 2.16. The average molecular weight is 432 g/mol. The van der Waals surface area contributed by atoms with Gasteiger partial charge in [-0.2, -0.15) is 4.98 Å². The number of aromatic nitrogens is 3. The number of amides is 1. The Bertz CT molecular complexity index is 1170. The molecule has 0 bridgehead atoms. The molecule has 28 heavy (non-hydrogen) atoms. The van der Waals surface area contributed by atoms with E-state index < -0.39 is 0 Å². The molecule has 0 saturated carbocycles. The molecule has 0 spiro atoms. The van der Waals surface area contributed by atoms with E-state index in [1.165, 1.54) is 11.3 Å². The average Bonchev–Trinajstić information content (AvgIpc) is 3.22. The van der Waals surface area contributed by atoms with E-state index >= 15 is 0 Å². The fourth-order valence-corrected chi connectivity index (χ4v) is 4.03. The van der Waals surface area contributed by atoms with Crippen LogP contribution in [0.25, 0.3) is 16.2 Å². The van der Waals surface area contributed by atoms with Gasteiger partial charge in [0.2, 0.25) is 4.96 Å². The zero-order valence-electron chi connectivity index (χ0n) is 15.0. The Kier molecular flexibility index (Phi) is 4.97. The van der Waals surface area contributed by atoms with Gasteiger partial charge in [-0.15, -0.1) is 16.4 Å². The molecule has 0 aliphatic heterocycles. The number of halogens is 2. The molecule has 2 heterocycles. The third-order valence-corrected chi connectivity index (χ3v) is 5.52. The van der Waals surface area contributed by atoms with Gasteiger partial charge in [-0.05, 0) is 42.5 Å². The monoisotopic (exact) mass is 431 g/mol. The lowest BCUT2D eigenvalue weighted by Crippen LogP contribution is -2.14. The Morgan fingerprint density at radius 2 is 1.89 bits per heavy atom. The van der Waals surface area contributed by atoms with Crippen LogP contribution in [0.2, 0.25) is 10.0 Å². The lowest BCUT2D eigenvalue weighted by molar-refractivity contribution is 0.102. The molecule has 9 heteroatoms. The Morgan fingerprint density at radius 3 is 2.57 bits per heavy atom. The van der Waals surface area contributed by atoms with Crippen LogP contribution in [-0.4, -0.2) is 34.6 Å². The second kappa shape index (κ2) is 7.43. The van der Waals surface area contributed by atoms with Crippen LogP contribution in [0.15, 0.2) is 47.8 Å². The molecule has 0 saturated heterocycles.